The molecule has 0 aromatic heterocycles. The Labute approximate surface area is 113 Å². The smallest absolute Gasteiger partial charge is 0.125 e. The molecule has 0 spiro atoms. The first kappa shape index (κ1) is 14.5. The number of hydrogen-bond acceptors (Lipinski definition) is 2. The van der Waals surface area contributed by atoms with Crippen molar-refractivity contribution < 1.29 is 4.74 Å². The van der Waals surface area contributed by atoms with E-state index in [0.717, 1.165) is 35.2 Å². The van der Waals surface area contributed by atoms with Crippen molar-refractivity contribution >= 4 is 15.9 Å². The Bertz CT molecular complexity index is 348. The molecule has 2 N–H and O–H groups in total. The fourth-order valence-corrected chi connectivity index (χ4v) is 2.08. The highest BCUT2D eigenvalue weighted by Gasteiger charge is 2.11. The monoisotopic (exact) mass is 299 g/mol. The summed E-state index contributed by atoms with van der Waals surface area (Å²) < 4.78 is 6.94. The quantitative estimate of drug-likeness (QED) is 0.851. The minimum absolute atomic E-state index is 0.000182. The SMILES string of the molecule is CCC(CC)COc1cc(Br)ccc1[C@@H](C)N. The number of ether oxygens (including phenoxy) is 1. The Balaban J connectivity index is 2.78. The molecule has 96 valence electrons. The molecule has 0 aliphatic rings. The second-order valence-corrected chi connectivity index (χ2v) is 5.38. The second kappa shape index (κ2) is 7.02. The molecule has 0 amide bonds. The highest BCUT2D eigenvalue weighted by atomic mass is 79.9. The van der Waals surface area contributed by atoms with Gasteiger partial charge in [-0.1, -0.05) is 48.7 Å². The average Bonchev–Trinajstić information content (AvgIpc) is 2.30. The molecule has 1 aromatic rings. The van der Waals surface area contributed by atoms with Gasteiger partial charge in [0, 0.05) is 16.1 Å². The lowest BCUT2D eigenvalue weighted by Gasteiger charge is -2.18. The second-order valence-electron chi connectivity index (χ2n) is 4.46. The van der Waals surface area contributed by atoms with E-state index in [1.807, 2.05) is 25.1 Å². The van der Waals surface area contributed by atoms with Gasteiger partial charge in [0.05, 0.1) is 6.61 Å². The van der Waals surface area contributed by atoms with Gasteiger partial charge in [-0.15, -0.1) is 0 Å². The summed E-state index contributed by atoms with van der Waals surface area (Å²) in [4.78, 5) is 0. The van der Waals surface area contributed by atoms with Crippen LogP contribution in [0.25, 0.3) is 0 Å². The predicted molar refractivity (Wildman–Crippen MR) is 76.3 cm³/mol. The molecule has 0 heterocycles. The van der Waals surface area contributed by atoms with Crippen LogP contribution in [0.4, 0.5) is 0 Å². The Kier molecular flexibility index (Phi) is 6.00. The molecule has 1 rings (SSSR count). The lowest BCUT2D eigenvalue weighted by atomic mass is 10.0. The van der Waals surface area contributed by atoms with Crippen molar-refractivity contribution in [1.29, 1.82) is 0 Å². The van der Waals surface area contributed by atoms with Gasteiger partial charge >= 0.3 is 0 Å². The molecule has 2 nitrogen and oxygen atoms in total. The Morgan fingerprint density at radius 1 is 1.29 bits per heavy atom. The predicted octanol–water partition coefficient (Wildman–Crippen LogP) is 4.28. The van der Waals surface area contributed by atoms with Crippen LogP contribution >= 0.6 is 15.9 Å². The van der Waals surface area contributed by atoms with Gasteiger partial charge in [0.1, 0.15) is 5.75 Å². The van der Waals surface area contributed by atoms with E-state index in [9.17, 15) is 0 Å². The van der Waals surface area contributed by atoms with Gasteiger partial charge in [0.25, 0.3) is 0 Å². The Morgan fingerprint density at radius 3 is 2.47 bits per heavy atom. The van der Waals surface area contributed by atoms with Gasteiger partial charge in [0.15, 0.2) is 0 Å². The number of halogens is 1. The summed E-state index contributed by atoms with van der Waals surface area (Å²) in [7, 11) is 0. The summed E-state index contributed by atoms with van der Waals surface area (Å²) >= 11 is 3.47. The summed E-state index contributed by atoms with van der Waals surface area (Å²) in [6, 6.07) is 6.03. The summed E-state index contributed by atoms with van der Waals surface area (Å²) in [6.07, 6.45) is 2.30. The van der Waals surface area contributed by atoms with Gasteiger partial charge in [-0.25, -0.2) is 0 Å². The third-order valence-electron chi connectivity index (χ3n) is 3.10. The fourth-order valence-electron chi connectivity index (χ4n) is 1.74. The highest BCUT2D eigenvalue weighted by Crippen LogP contribution is 2.28. The van der Waals surface area contributed by atoms with Crippen LogP contribution in [0.1, 0.15) is 45.2 Å². The van der Waals surface area contributed by atoms with Gasteiger partial charge in [-0.2, -0.15) is 0 Å². The van der Waals surface area contributed by atoms with E-state index in [1.165, 1.54) is 0 Å². The first-order valence-electron chi connectivity index (χ1n) is 6.26. The normalized spacial score (nSPS) is 12.8. The van der Waals surface area contributed by atoms with E-state index in [2.05, 4.69) is 29.8 Å². The van der Waals surface area contributed by atoms with Gasteiger partial charge < -0.3 is 10.5 Å². The minimum atomic E-state index is -0.000182. The molecule has 1 aromatic carbocycles. The van der Waals surface area contributed by atoms with Crippen molar-refractivity contribution in [2.24, 2.45) is 11.7 Å². The standard InChI is InChI=1S/C14H22BrNO/c1-4-11(5-2)9-17-14-8-12(15)6-7-13(14)10(3)16/h6-8,10-11H,4-5,9,16H2,1-3H3/t10-/m1/s1. The van der Waals surface area contributed by atoms with Gasteiger partial charge in [-0.3, -0.25) is 0 Å². The molecule has 0 bridgehead atoms. The van der Waals surface area contributed by atoms with Crippen LogP contribution in [0.3, 0.4) is 0 Å². The number of benzene rings is 1. The summed E-state index contributed by atoms with van der Waals surface area (Å²) in [5.41, 5.74) is 7.01. The molecule has 3 heteroatoms. The van der Waals surface area contributed by atoms with Crippen LogP contribution in [0.15, 0.2) is 22.7 Å². The van der Waals surface area contributed by atoms with Crippen molar-refractivity contribution in [3.8, 4) is 5.75 Å². The maximum absolute atomic E-state index is 5.94. The van der Waals surface area contributed by atoms with Gasteiger partial charge in [-0.05, 0) is 25.0 Å². The number of nitrogens with two attached hydrogens (primary N) is 1. The molecule has 1 atom stereocenters. The van der Waals surface area contributed by atoms with E-state index in [-0.39, 0.29) is 6.04 Å². The van der Waals surface area contributed by atoms with Crippen LogP contribution in [0.2, 0.25) is 0 Å². The molecule has 17 heavy (non-hydrogen) atoms. The minimum Gasteiger partial charge on any atom is -0.493 e. The zero-order valence-electron chi connectivity index (χ0n) is 10.9. The molecule has 0 aliphatic heterocycles. The van der Waals surface area contributed by atoms with Crippen molar-refractivity contribution in [2.75, 3.05) is 6.61 Å². The number of rotatable bonds is 6. The molecule has 0 radical (unpaired) electrons. The van der Waals surface area contributed by atoms with Crippen LogP contribution in [0.5, 0.6) is 5.75 Å². The van der Waals surface area contributed by atoms with Crippen LogP contribution < -0.4 is 10.5 Å². The first-order chi connectivity index (χ1) is 8.08. The molecule has 0 saturated heterocycles. The van der Waals surface area contributed by atoms with Crippen LogP contribution in [-0.2, 0) is 0 Å². The fraction of sp³-hybridized carbons (Fsp3) is 0.571. The zero-order valence-corrected chi connectivity index (χ0v) is 12.5. The third kappa shape index (κ3) is 4.32. The zero-order chi connectivity index (χ0) is 12.8. The van der Waals surface area contributed by atoms with Crippen molar-refractivity contribution in [1.82, 2.24) is 0 Å². The summed E-state index contributed by atoms with van der Waals surface area (Å²) in [5.74, 6) is 1.52. The molecule has 0 aliphatic carbocycles. The lowest BCUT2D eigenvalue weighted by molar-refractivity contribution is 0.238. The van der Waals surface area contributed by atoms with Gasteiger partial charge in [0.2, 0.25) is 0 Å². The van der Waals surface area contributed by atoms with Crippen LogP contribution in [0, 0.1) is 5.92 Å². The number of hydrogen-bond donors (Lipinski definition) is 1. The molecule has 0 fully saturated rings. The average molecular weight is 300 g/mol. The maximum atomic E-state index is 5.94. The summed E-state index contributed by atoms with van der Waals surface area (Å²) in [6.45, 7) is 7.15. The highest BCUT2D eigenvalue weighted by molar-refractivity contribution is 9.10. The molecular weight excluding hydrogens is 278 g/mol. The largest absolute Gasteiger partial charge is 0.493 e. The van der Waals surface area contributed by atoms with Crippen molar-refractivity contribution in [3.63, 3.8) is 0 Å². The lowest BCUT2D eigenvalue weighted by Crippen LogP contribution is -2.13. The maximum Gasteiger partial charge on any atom is 0.125 e. The summed E-state index contributed by atoms with van der Waals surface area (Å²) in [5, 5.41) is 0. The van der Waals surface area contributed by atoms with Crippen molar-refractivity contribution in [3.05, 3.63) is 28.2 Å². The molecule has 0 saturated carbocycles. The van der Waals surface area contributed by atoms with E-state index >= 15 is 0 Å². The van der Waals surface area contributed by atoms with E-state index in [4.69, 9.17) is 10.5 Å². The third-order valence-corrected chi connectivity index (χ3v) is 3.59. The Morgan fingerprint density at radius 2 is 1.94 bits per heavy atom. The molecule has 0 unspecified atom stereocenters. The Hall–Kier alpha value is -0.540. The topological polar surface area (TPSA) is 35.2 Å². The van der Waals surface area contributed by atoms with Crippen LogP contribution in [-0.4, -0.2) is 6.61 Å². The van der Waals surface area contributed by atoms with Crippen molar-refractivity contribution in [2.45, 2.75) is 39.7 Å². The molecular formula is C14H22BrNO. The van der Waals surface area contributed by atoms with E-state index in [1.54, 1.807) is 0 Å². The van der Waals surface area contributed by atoms with E-state index in [0.29, 0.717) is 5.92 Å². The first-order valence-corrected chi connectivity index (χ1v) is 7.05. The van der Waals surface area contributed by atoms with E-state index < -0.39 is 0 Å².